The van der Waals surface area contributed by atoms with Crippen molar-refractivity contribution >= 4 is 17.6 Å². The van der Waals surface area contributed by atoms with Crippen LogP contribution in [-0.2, 0) is 11.2 Å². The summed E-state index contributed by atoms with van der Waals surface area (Å²) in [6.45, 7) is 0.547. The SMILES string of the molecule is COc1cccc(/C=C/C(=O)NCCc2cn3ccccc3n2)c1. The summed E-state index contributed by atoms with van der Waals surface area (Å²) < 4.78 is 7.13. The highest BCUT2D eigenvalue weighted by molar-refractivity contribution is 5.91. The number of aromatic nitrogens is 2. The van der Waals surface area contributed by atoms with Crippen LogP contribution < -0.4 is 10.1 Å². The average Bonchev–Trinajstić information content (AvgIpc) is 3.03. The van der Waals surface area contributed by atoms with Gasteiger partial charge in [0.25, 0.3) is 0 Å². The molecule has 0 aliphatic rings. The number of benzene rings is 1. The molecule has 0 saturated carbocycles. The van der Waals surface area contributed by atoms with Gasteiger partial charge in [-0.15, -0.1) is 0 Å². The Morgan fingerprint density at radius 2 is 2.21 bits per heavy atom. The number of nitrogens with zero attached hydrogens (tertiary/aromatic N) is 2. The molecule has 0 spiro atoms. The zero-order chi connectivity index (χ0) is 16.8. The molecule has 2 aromatic heterocycles. The summed E-state index contributed by atoms with van der Waals surface area (Å²) in [5.41, 5.74) is 2.79. The van der Waals surface area contributed by atoms with Crippen molar-refractivity contribution in [2.45, 2.75) is 6.42 Å². The van der Waals surface area contributed by atoms with Crippen LogP contribution in [0.1, 0.15) is 11.3 Å². The maximum Gasteiger partial charge on any atom is 0.244 e. The van der Waals surface area contributed by atoms with Crippen molar-refractivity contribution in [3.63, 3.8) is 0 Å². The standard InChI is InChI=1S/C19H19N3O2/c1-24-17-6-4-5-15(13-17)8-9-19(23)20-11-10-16-14-22-12-3-2-7-18(22)21-16/h2-9,12-14H,10-11H2,1H3,(H,20,23)/b9-8+. The lowest BCUT2D eigenvalue weighted by atomic mass is 10.2. The lowest BCUT2D eigenvalue weighted by Gasteiger charge is -2.01. The summed E-state index contributed by atoms with van der Waals surface area (Å²) >= 11 is 0. The highest BCUT2D eigenvalue weighted by atomic mass is 16.5. The Labute approximate surface area is 140 Å². The number of carbonyl (C=O) groups is 1. The number of imidazole rings is 1. The Bertz CT molecular complexity index is 835. The third-order valence-electron chi connectivity index (χ3n) is 3.62. The minimum atomic E-state index is -0.124. The van der Waals surface area contributed by atoms with Gasteiger partial charge in [-0.05, 0) is 35.9 Å². The molecule has 1 N–H and O–H groups in total. The maximum absolute atomic E-state index is 11.9. The van der Waals surface area contributed by atoms with Crippen LogP contribution in [0.3, 0.4) is 0 Å². The number of hydrogen-bond donors (Lipinski definition) is 1. The van der Waals surface area contributed by atoms with Gasteiger partial charge in [0, 0.05) is 31.4 Å². The molecule has 0 aliphatic heterocycles. The molecule has 2 heterocycles. The second kappa shape index (κ2) is 7.46. The fourth-order valence-corrected chi connectivity index (χ4v) is 2.40. The molecule has 0 fully saturated rings. The number of ether oxygens (including phenoxy) is 1. The second-order valence-corrected chi connectivity index (χ2v) is 5.35. The Morgan fingerprint density at radius 3 is 3.04 bits per heavy atom. The Balaban J connectivity index is 1.50. The molecule has 0 unspecified atom stereocenters. The molecule has 122 valence electrons. The molecule has 1 aromatic carbocycles. The van der Waals surface area contributed by atoms with Crippen molar-refractivity contribution in [3.8, 4) is 5.75 Å². The average molecular weight is 321 g/mol. The van der Waals surface area contributed by atoms with Gasteiger partial charge in [-0.2, -0.15) is 0 Å². The molecule has 5 nitrogen and oxygen atoms in total. The summed E-state index contributed by atoms with van der Waals surface area (Å²) in [6, 6.07) is 13.4. The normalized spacial score (nSPS) is 11.0. The topological polar surface area (TPSA) is 55.6 Å². The number of rotatable bonds is 6. The predicted octanol–water partition coefficient (Wildman–Crippen LogP) is 2.72. The van der Waals surface area contributed by atoms with Crippen LogP contribution in [0.25, 0.3) is 11.7 Å². The van der Waals surface area contributed by atoms with Gasteiger partial charge in [-0.1, -0.05) is 18.2 Å². The number of pyridine rings is 1. The highest BCUT2D eigenvalue weighted by Gasteiger charge is 2.02. The van der Waals surface area contributed by atoms with E-state index < -0.39 is 0 Å². The van der Waals surface area contributed by atoms with Gasteiger partial charge in [0.2, 0.25) is 5.91 Å². The third-order valence-corrected chi connectivity index (χ3v) is 3.62. The van der Waals surface area contributed by atoms with Gasteiger partial charge < -0.3 is 14.5 Å². The number of methoxy groups -OCH3 is 1. The number of hydrogen-bond acceptors (Lipinski definition) is 3. The molecular weight excluding hydrogens is 302 g/mol. The second-order valence-electron chi connectivity index (χ2n) is 5.35. The van der Waals surface area contributed by atoms with E-state index in [4.69, 9.17) is 4.74 Å². The fourth-order valence-electron chi connectivity index (χ4n) is 2.40. The molecule has 0 radical (unpaired) electrons. The Hall–Kier alpha value is -3.08. The summed E-state index contributed by atoms with van der Waals surface area (Å²) in [7, 11) is 1.62. The highest BCUT2D eigenvalue weighted by Crippen LogP contribution is 2.13. The first-order valence-corrected chi connectivity index (χ1v) is 7.77. The summed E-state index contributed by atoms with van der Waals surface area (Å²) in [4.78, 5) is 16.4. The van der Waals surface area contributed by atoms with Crippen LogP contribution in [-0.4, -0.2) is 28.9 Å². The lowest BCUT2D eigenvalue weighted by molar-refractivity contribution is -0.116. The minimum Gasteiger partial charge on any atom is -0.497 e. The van der Waals surface area contributed by atoms with Crippen LogP contribution in [0.2, 0.25) is 0 Å². The van der Waals surface area contributed by atoms with E-state index in [-0.39, 0.29) is 5.91 Å². The Morgan fingerprint density at radius 1 is 1.29 bits per heavy atom. The predicted molar refractivity (Wildman–Crippen MR) is 93.9 cm³/mol. The quantitative estimate of drug-likeness (QED) is 0.710. The van der Waals surface area contributed by atoms with E-state index >= 15 is 0 Å². The number of nitrogens with one attached hydrogen (secondary N) is 1. The van der Waals surface area contributed by atoms with Gasteiger partial charge in [-0.3, -0.25) is 4.79 Å². The van der Waals surface area contributed by atoms with Crippen LogP contribution in [0.5, 0.6) is 5.75 Å². The van der Waals surface area contributed by atoms with E-state index in [1.165, 1.54) is 6.08 Å². The van der Waals surface area contributed by atoms with E-state index in [1.807, 2.05) is 59.3 Å². The first-order chi connectivity index (χ1) is 11.7. The van der Waals surface area contributed by atoms with Gasteiger partial charge in [-0.25, -0.2) is 4.98 Å². The van der Waals surface area contributed by atoms with Crippen LogP contribution >= 0.6 is 0 Å². The monoisotopic (exact) mass is 321 g/mol. The van der Waals surface area contributed by atoms with Gasteiger partial charge in [0.05, 0.1) is 12.8 Å². The number of amides is 1. The molecule has 1 amide bonds. The first kappa shape index (κ1) is 15.8. The van der Waals surface area contributed by atoms with Crippen molar-refractivity contribution in [1.82, 2.24) is 14.7 Å². The van der Waals surface area contributed by atoms with Crippen molar-refractivity contribution in [2.24, 2.45) is 0 Å². The van der Waals surface area contributed by atoms with Crippen molar-refractivity contribution in [3.05, 3.63) is 72.2 Å². The lowest BCUT2D eigenvalue weighted by Crippen LogP contribution is -2.23. The maximum atomic E-state index is 11.9. The van der Waals surface area contributed by atoms with Gasteiger partial charge >= 0.3 is 0 Å². The van der Waals surface area contributed by atoms with Crippen LogP contribution in [0.15, 0.2) is 60.9 Å². The van der Waals surface area contributed by atoms with E-state index in [0.29, 0.717) is 13.0 Å². The largest absolute Gasteiger partial charge is 0.497 e. The molecule has 24 heavy (non-hydrogen) atoms. The Kier molecular flexibility index (Phi) is 4.91. The van der Waals surface area contributed by atoms with Crippen molar-refractivity contribution in [1.29, 1.82) is 0 Å². The van der Waals surface area contributed by atoms with Gasteiger partial charge in [0.15, 0.2) is 0 Å². The fraction of sp³-hybridized carbons (Fsp3) is 0.158. The molecule has 0 bridgehead atoms. The number of fused-ring (bicyclic) bond motifs is 1. The van der Waals surface area contributed by atoms with Crippen LogP contribution in [0, 0.1) is 0 Å². The summed E-state index contributed by atoms with van der Waals surface area (Å²) in [5.74, 6) is 0.644. The zero-order valence-electron chi connectivity index (χ0n) is 13.5. The first-order valence-electron chi connectivity index (χ1n) is 7.77. The molecule has 3 aromatic rings. The van der Waals surface area contributed by atoms with E-state index in [2.05, 4.69) is 10.3 Å². The van der Waals surface area contributed by atoms with E-state index in [1.54, 1.807) is 13.2 Å². The molecular formula is C19H19N3O2. The van der Waals surface area contributed by atoms with Gasteiger partial charge in [0.1, 0.15) is 11.4 Å². The summed E-state index contributed by atoms with van der Waals surface area (Å²) in [6.07, 6.45) is 7.93. The molecule has 0 atom stereocenters. The van der Waals surface area contributed by atoms with E-state index in [9.17, 15) is 4.79 Å². The zero-order valence-corrected chi connectivity index (χ0v) is 13.5. The molecule has 0 saturated heterocycles. The smallest absolute Gasteiger partial charge is 0.244 e. The minimum absolute atomic E-state index is 0.124. The third kappa shape index (κ3) is 4.01. The van der Waals surface area contributed by atoms with E-state index in [0.717, 1.165) is 22.7 Å². The van der Waals surface area contributed by atoms with Crippen LogP contribution in [0.4, 0.5) is 0 Å². The van der Waals surface area contributed by atoms with Crippen molar-refractivity contribution in [2.75, 3.05) is 13.7 Å². The number of carbonyl (C=O) groups excluding carboxylic acids is 1. The van der Waals surface area contributed by atoms with Crippen molar-refractivity contribution < 1.29 is 9.53 Å². The molecule has 5 heteroatoms. The summed E-state index contributed by atoms with van der Waals surface area (Å²) in [5, 5.41) is 2.87. The molecule has 3 rings (SSSR count). The molecule has 0 aliphatic carbocycles.